The molecule has 3 N–H and O–H groups in total. The topological polar surface area (TPSA) is 119 Å². The van der Waals surface area contributed by atoms with Crippen molar-refractivity contribution in [3.63, 3.8) is 0 Å². The number of amides is 1. The average Bonchev–Trinajstić information content (AvgIpc) is 3.42. The Hall–Kier alpha value is -3.88. The molecule has 2 aromatic rings. The van der Waals surface area contributed by atoms with Crippen LogP contribution in [0.25, 0.3) is 5.57 Å². The summed E-state index contributed by atoms with van der Waals surface area (Å²) in [5, 5.41) is 8.96. The molecule has 1 aliphatic rings. The number of quaternary nitrogens is 1. The summed E-state index contributed by atoms with van der Waals surface area (Å²) < 4.78 is 6.61. The summed E-state index contributed by atoms with van der Waals surface area (Å²) in [4.78, 5) is 36.9. The van der Waals surface area contributed by atoms with Gasteiger partial charge in [-0.05, 0) is 43.4 Å². The van der Waals surface area contributed by atoms with Crippen molar-refractivity contribution in [2.45, 2.75) is 58.3 Å². The molecule has 2 atom stereocenters. The molecule has 0 radical (unpaired) electrons. The normalized spacial score (nSPS) is 17.9. The van der Waals surface area contributed by atoms with Crippen molar-refractivity contribution in [3.05, 3.63) is 89.6 Å². The van der Waals surface area contributed by atoms with Crippen molar-refractivity contribution in [2.75, 3.05) is 14.1 Å². The SMILES string of the molecule is CC/C=C(\C)c1ccccc1C(=O)O.C[N+](C)(/C=C\C(N)=NC=O)C1CCC(CCC(=O)c2ccccc2)O1. The van der Waals surface area contributed by atoms with Gasteiger partial charge in [-0.3, -0.25) is 14.1 Å². The molecule has 1 heterocycles. The molecule has 0 saturated carbocycles. The third kappa shape index (κ3) is 10.1. The van der Waals surface area contributed by atoms with Crippen LogP contribution in [0.15, 0.2) is 77.9 Å². The monoisotopic (exact) mass is 534 g/mol. The molecule has 8 heteroatoms. The van der Waals surface area contributed by atoms with Gasteiger partial charge >= 0.3 is 5.97 Å². The maximum Gasteiger partial charge on any atom is 0.336 e. The van der Waals surface area contributed by atoms with Gasteiger partial charge in [0.15, 0.2) is 12.0 Å². The molecule has 2 unspecified atom stereocenters. The quantitative estimate of drug-likeness (QED) is 0.130. The summed E-state index contributed by atoms with van der Waals surface area (Å²) in [6, 6.07) is 16.4. The van der Waals surface area contributed by atoms with Gasteiger partial charge in [0.05, 0.1) is 25.8 Å². The van der Waals surface area contributed by atoms with Crippen LogP contribution in [0.1, 0.15) is 72.2 Å². The number of carbonyl (C=O) groups is 3. The fraction of sp³-hybridized carbons (Fsp3) is 0.355. The number of allylic oxidation sites excluding steroid dienone is 2. The summed E-state index contributed by atoms with van der Waals surface area (Å²) >= 11 is 0. The van der Waals surface area contributed by atoms with Crippen LogP contribution in [0.3, 0.4) is 0 Å². The smallest absolute Gasteiger partial charge is 0.336 e. The van der Waals surface area contributed by atoms with Crippen molar-refractivity contribution in [3.8, 4) is 0 Å². The Morgan fingerprint density at radius 3 is 2.33 bits per heavy atom. The van der Waals surface area contributed by atoms with E-state index in [0.29, 0.717) is 22.9 Å². The maximum atomic E-state index is 12.2. The van der Waals surface area contributed by atoms with E-state index in [-0.39, 0.29) is 24.0 Å². The second kappa shape index (κ2) is 15.5. The van der Waals surface area contributed by atoms with Crippen molar-refractivity contribution < 1.29 is 28.7 Å². The highest BCUT2D eigenvalue weighted by Crippen LogP contribution is 2.29. The van der Waals surface area contributed by atoms with Crippen molar-refractivity contribution >= 4 is 29.6 Å². The summed E-state index contributed by atoms with van der Waals surface area (Å²) in [6.07, 6.45) is 9.99. The number of ketones is 1. The number of hydrogen-bond acceptors (Lipinski definition) is 4. The number of carboxylic acid groups (broad SMARTS) is 1. The molecule has 0 spiro atoms. The fourth-order valence-electron chi connectivity index (χ4n) is 4.35. The lowest BCUT2D eigenvalue weighted by molar-refractivity contribution is -0.889. The van der Waals surface area contributed by atoms with E-state index in [1.54, 1.807) is 18.2 Å². The lowest BCUT2D eigenvalue weighted by Crippen LogP contribution is -2.44. The van der Waals surface area contributed by atoms with Gasteiger partial charge in [-0.2, -0.15) is 4.99 Å². The summed E-state index contributed by atoms with van der Waals surface area (Å²) in [6.45, 7) is 3.97. The van der Waals surface area contributed by atoms with Gasteiger partial charge in [0.2, 0.25) is 6.41 Å². The highest BCUT2D eigenvalue weighted by Gasteiger charge is 2.36. The van der Waals surface area contributed by atoms with Gasteiger partial charge in [0, 0.05) is 24.5 Å². The molecule has 0 aromatic heterocycles. The first-order valence-corrected chi connectivity index (χ1v) is 13.1. The van der Waals surface area contributed by atoms with Crippen LogP contribution < -0.4 is 5.73 Å². The van der Waals surface area contributed by atoms with Crippen LogP contribution in [-0.4, -0.2) is 60.0 Å². The van der Waals surface area contributed by atoms with Crippen LogP contribution >= 0.6 is 0 Å². The zero-order chi connectivity index (χ0) is 28.8. The number of benzene rings is 2. The molecule has 208 valence electrons. The number of carboxylic acids is 1. The zero-order valence-corrected chi connectivity index (χ0v) is 23.2. The van der Waals surface area contributed by atoms with Gasteiger partial charge in [0.1, 0.15) is 12.0 Å². The van der Waals surface area contributed by atoms with Crippen LogP contribution in [0.4, 0.5) is 0 Å². The second-order valence-electron chi connectivity index (χ2n) is 9.87. The molecular formula is C31H40N3O5+. The third-order valence-corrected chi connectivity index (χ3v) is 6.54. The molecule has 1 aliphatic heterocycles. The number of amidine groups is 1. The van der Waals surface area contributed by atoms with Crippen LogP contribution in [0, 0.1) is 0 Å². The number of carbonyl (C=O) groups excluding carboxylic acids is 2. The van der Waals surface area contributed by atoms with Crippen LogP contribution in [0.5, 0.6) is 0 Å². The summed E-state index contributed by atoms with van der Waals surface area (Å²) in [7, 11) is 4.01. The minimum absolute atomic E-state index is 0.00268. The molecule has 3 rings (SSSR count). The van der Waals surface area contributed by atoms with E-state index in [1.165, 1.54) is 0 Å². The molecule has 2 aromatic carbocycles. The summed E-state index contributed by atoms with van der Waals surface area (Å²) in [5.74, 6) is -0.548. The minimum Gasteiger partial charge on any atom is -0.478 e. The van der Waals surface area contributed by atoms with Crippen molar-refractivity contribution in [1.82, 2.24) is 0 Å². The average molecular weight is 535 g/mol. The Labute approximate surface area is 231 Å². The highest BCUT2D eigenvalue weighted by molar-refractivity contribution is 5.96. The molecular weight excluding hydrogens is 494 g/mol. The van der Waals surface area contributed by atoms with E-state index >= 15 is 0 Å². The highest BCUT2D eigenvalue weighted by atomic mass is 16.5. The number of nitrogens with zero attached hydrogens (tertiary/aromatic N) is 2. The first-order chi connectivity index (χ1) is 18.6. The summed E-state index contributed by atoms with van der Waals surface area (Å²) in [5.41, 5.74) is 8.54. The maximum absolute atomic E-state index is 12.2. The second-order valence-corrected chi connectivity index (χ2v) is 9.87. The van der Waals surface area contributed by atoms with E-state index in [9.17, 15) is 14.4 Å². The van der Waals surface area contributed by atoms with E-state index in [4.69, 9.17) is 15.6 Å². The third-order valence-electron chi connectivity index (χ3n) is 6.54. The standard InChI is InChI=1S/C19H25N3O3.C12H14O2/c1-22(2,13-12-18(20)21-14-23)19-11-9-16(25-19)8-10-17(24)15-6-4-3-5-7-15;1-3-6-9(2)10-7-4-5-8-11(10)12(13)14/h3-7,12-14,16,19H,8-11H2,1-2H3,(H-,20,21,23);4-8H,3H2,1-2H3,(H,13,14)/p+1/b13-12-;9-6+. The number of rotatable bonds is 11. The number of aliphatic imine (C=N–C) groups is 1. The fourth-order valence-corrected chi connectivity index (χ4v) is 4.35. The lowest BCUT2D eigenvalue weighted by Gasteiger charge is -2.31. The van der Waals surface area contributed by atoms with E-state index in [2.05, 4.69) is 4.99 Å². The van der Waals surface area contributed by atoms with E-state index in [1.807, 2.05) is 82.7 Å². The minimum atomic E-state index is -0.871. The van der Waals surface area contributed by atoms with E-state index < -0.39 is 5.97 Å². The molecule has 1 amide bonds. The van der Waals surface area contributed by atoms with Gasteiger partial charge in [0.25, 0.3) is 0 Å². The Morgan fingerprint density at radius 2 is 1.72 bits per heavy atom. The zero-order valence-electron chi connectivity index (χ0n) is 23.2. The lowest BCUT2D eigenvalue weighted by atomic mass is 10.0. The predicted molar refractivity (Wildman–Crippen MR) is 154 cm³/mol. The Bertz CT molecular complexity index is 1200. The number of aromatic carboxylic acids is 1. The molecule has 1 fully saturated rings. The van der Waals surface area contributed by atoms with Gasteiger partial charge in [-0.25, -0.2) is 4.79 Å². The number of hydrogen-bond donors (Lipinski definition) is 2. The largest absolute Gasteiger partial charge is 0.478 e. The van der Waals surface area contributed by atoms with Gasteiger partial charge in [-0.1, -0.05) is 61.5 Å². The molecule has 0 aliphatic carbocycles. The first kappa shape index (κ1) is 31.3. The Morgan fingerprint density at radius 1 is 1.08 bits per heavy atom. The molecule has 1 saturated heterocycles. The van der Waals surface area contributed by atoms with Gasteiger partial charge in [-0.15, -0.1) is 0 Å². The predicted octanol–water partition coefficient (Wildman–Crippen LogP) is 5.46. The molecule has 0 bridgehead atoms. The number of Topliss-reactive ketones (excluding diaryl/α,β-unsaturated/α-hetero) is 1. The van der Waals surface area contributed by atoms with E-state index in [0.717, 1.165) is 42.4 Å². The van der Waals surface area contributed by atoms with Gasteiger partial charge < -0.3 is 15.6 Å². The first-order valence-electron chi connectivity index (χ1n) is 13.1. The van der Waals surface area contributed by atoms with Crippen LogP contribution in [0.2, 0.25) is 0 Å². The van der Waals surface area contributed by atoms with Crippen LogP contribution in [-0.2, 0) is 9.53 Å². The Balaban J connectivity index is 0.000000322. The molecule has 8 nitrogen and oxygen atoms in total. The van der Waals surface area contributed by atoms with Crippen molar-refractivity contribution in [1.29, 1.82) is 0 Å². The Kier molecular flexibility index (Phi) is 12.5. The molecule has 39 heavy (non-hydrogen) atoms. The number of nitrogens with two attached hydrogens (primary N) is 1. The number of ether oxygens (including phenoxy) is 1. The van der Waals surface area contributed by atoms with Crippen molar-refractivity contribution in [2.24, 2.45) is 10.7 Å².